The number of pyridine rings is 1. The molecule has 0 bridgehead atoms. The molecule has 5 heteroatoms. The van der Waals surface area contributed by atoms with Crippen LogP contribution in [-0.2, 0) is 11.3 Å². The number of thiophene rings is 1. The van der Waals surface area contributed by atoms with Gasteiger partial charge in [-0.05, 0) is 36.1 Å². The molecule has 1 spiro atoms. The first-order valence-electron chi connectivity index (χ1n) is 8.18. The summed E-state index contributed by atoms with van der Waals surface area (Å²) in [4.78, 5) is 8.07. The highest BCUT2D eigenvalue weighted by molar-refractivity contribution is 7.10. The van der Waals surface area contributed by atoms with E-state index in [1.54, 1.807) is 12.4 Å². The molecule has 4 nitrogen and oxygen atoms in total. The number of aryl methyl sites for hydroxylation is 1. The van der Waals surface area contributed by atoms with Crippen LogP contribution in [0.3, 0.4) is 0 Å². The van der Waals surface area contributed by atoms with E-state index in [-0.39, 0.29) is 11.7 Å². The van der Waals surface area contributed by atoms with Gasteiger partial charge in [0.1, 0.15) is 11.9 Å². The molecule has 2 aromatic heterocycles. The Balaban J connectivity index is 1.33. The van der Waals surface area contributed by atoms with Gasteiger partial charge in [0.15, 0.2) is 0 Å². The molecule has 2 aromatic rings. The van der Waals surface area contributed by atoms with Crippen LogP contribution in [0.4, 0.5) is 0 Å². The normalized spacial score (nSPS) is 23.6. The van der Waals surface area contributed by atoms with Crippen LogP contribution in [0.15, 0.2) is 36.0 Å². The lowest BCUT2D eigenvalue weighted by Gasteiger charge is -2.53. The molecule has 4 rings (SSSR count). The Kier molecular flexibility index (Phi) is 4.09. The monoisotopic (exact) mass is 330 g/mol. The molecule has 23 heavy (non-hydrogen) atoms. The molecule has 0 radical (unpaired) electrons. The second-order valence-corrected chi connectivity index (χ2v) is 7.63. The Hall–Kier alpha value is -1.43. The molecular formula is C18H22N2O2S. The van der Waals surface area contributed by atoms with Gasteiger partial charge in [0.25, 0.3) is 0 Å². The van der Waals surface area contributed by atoms with E-state index in [9.17, 15) is 0 Å². The van der Waals surface area contributed by atoms with Gasteiger partial charge in [-0.3, -0.25) is 9.88 Å². The van der Waals surface area contributed by atoms with Gasteiger partial charge >= 0.3 is 0 Å². The predicted molar refractivity (Wildman–Crippen MR) is 90.9 cm³/mol. The first kappa shape index (κ1) is 15.1. The Morgan fingerprint density at radius 1 is 1.43 bits per heavy atom. The van der Waals surface area contributed by atoms with Crippen LogP contribution in [-0.4, -0.2) is 41.3 Å². The van der Waals surface area contributed by atoms with Crippen LogP contribution in [0.25, 0.3) is 0 Å². The summed E-state index contributed by atoms with van der Waals surface area (Å²) < 4.78 is 12.2. The summed E-state index contributed by atoms with van der Waals surface area (Å²) >= 11 is 1.85. The number of nitrogens with zero attached hydrogens (tertiary/aromatic N) is 2. The molecule has 122 valence electrons. The lowest BCUT2D eigenvalue weighted by Crippen LogP contribution is -2.65. The minimum atomic E-state index is -0.00368. The van der Waals surface area contributed by atoms with Crippen LogP contribution in [0.2, 0.25) is 0 Å². The number of hydrogen-bond acceptors (Lipinski definition) is 5. The van der Waals surface area contributed by atoms with Crippen molar-refractivity contribution >= 4 is 11.3 Å². The summed E-state index contributed by atoms with van der Waals surface area (Å²) in [6.45, 7) is 6.05. The zero-order valence-electron chi connectivity index (χ0n) is 13.4. The lowest BCUT2D eigenvalue weighted by molar-refractivity contribution is -0.187. The summed E-state index contributed by atoms with van der Waals surface area (Å²) in [6.07, 6.45) is 5.73. The molecule has 0 saturated carbocycles. The topological polar surface area (TPSA) is 34.6 Å². The Morgan fingerprint density at radius 3 is 3.09 bits per heavy atom. The van der Waals surface area contributed by atoms with Gasteiger partial charge in [0.05, 0.1) is 18.4 Å². The van der Waals surface area contributed by atoms with Crippen molar-refractivity contribution in [3.8, 4) is 5.75 Å². The third-order valence-corrected chi connectivity index (χ3v) is 5.75. The van der Waals surface area contributed by atoms with Crippen molar-refractivity contribution in [2.75, 3.05) is 19.7 Å². The van der Waals surface area contributed by atoms with E-state index in [1.807, 2.05) is 23.5 Å². The summed E-state index contributed by atoms with van der Waals surface area (Å²) in [5, 5.41) is 2.18. The van der Waals surface area contributed by atoms with Gasteiger partial charge in [0, 0.05) is 43.5 Å². The number of likely N-dealkylation sites (tertiary alicyclic amines) is 1. The van der Waals surface area contributed by atoms with Crippen molar-refractivity contribution in [2.24, 2.45) is 0 Å². The molecule has 4 heterocycles. The smallest absolute Gasteiger partial charge is 0.138 e. The van der Waals surface area contributed by atoms with E-state index >= 15 is 0 Å². The zero-order chi connectivity index (χ0) is 15.7. The molecule has 2 aliphatic rings. The van der Waals surface area contributed by atoms with Crippen LogP contribution < -0.4 is 4.74 Å². The van der Waals surface area contributed by atoms with Gasteiger partial charge < -0.3 is 9.47 Å². The molecule has 0 unspecified atom stereocenters. The maximum Gasteiger partial charge on any atom is 0.138 e. The lowest BCUT2D eigenvalue weighted by atomic mass is 9.84. The number of hydrogen-bond donors (Lipinski definition) is 0. The molecular weight excluding hydrogens is 308 g/mol. The average Bonchev–Trinajstić information content (AvgIpc) is 2.92. The second kappa shape index (κ2) is 6.23. The third-order valence-electron chi connectivity index (χ3n) is 4.74. The van der Waals surface area contributed by atoms with Gasteiger partial charge in [-0.1, -0.05) is 0 Å². The molecule has 1 atom stereocenters. The third kappa shape index (κ3) is 3.27. The maximum atomic E-state index is 6.12. The number of aromatic nitrogens is 1. The first-order valence-corrected chi connectivity index (χ1v) is 9.06. The molecule has 0 N–H and O–H groups in total. The molecule has 0 amide bonds. The van der Waals surface area contributed by atoms with Crippen LogP contribution >= 0.6 is 11.3 Å². The zero-order valence-corrected chi connectivity index (χ0v) is 14.2. The largest absolute Gasteiger partial charge is 0.489 e. The average molecular weight is 330 g/mol. The highest BCUT2D eigenvalue weighted by Crippen LogP contribution is 2.37. The Labute approximate surface area is 141 Å². The SMILES string of the molecule is Cc1ccsc1CN1CC2(C[C@@H](Oc3cccnc3)CCO2)C1. The standard InChI is InChI=1S/C18H22N2O2S/c1-14-5-8-23-17(14)11-20-12-18(13-20)9-15(4-7-21-18)22-16-3-2-6-19-10-16/h2-3,5-6,8,10,15H,4,7,9,11-13H2,1H3/t15-/m0/s1. The van der Waals surface area contributed by atoms with Gasteiger partial charge in [-0.2, -0.15) is 0 Å². The minimum Gasteiger partial charge on any atom is -0.489 e. The van der Waals surface area contributed by atoms with Crippen molar-refractivity contribution in [1.82, 2.24) is 9.88 Å². The van der Waals surface area contributed by atoms with E-state index in [2.05, 4.69) is 28.3 Å². The maximum absolute atomic E-state index is 6.12. The fraction of sp³-hybridized carbons (Fsp3) is 0.500. The first-order chi connectivity index (χ1) is 11.2. The van der Waals surface area contributed by atoms with Crippen LogP contribution in [0, 0.1) is 6.92 Å². The van der Waals surface area contributed by atoms with Crippen LogP contribution in [0.1, 0.15) is 23.3 Å². The second-order valence-electron chi connectivity index (χ2n) is 6.62. The molecule has 2 saturated heterocycles. The molecule has 0 aromatic carbocycles. The Bertz CT molecular complexity index is 652. The van der Waals surface area contributed by atoms with E-state index in [0.29, 0.717) is 0 Å². The van der Waals surface area contributed by atoms with Crippen LogP contribution in [0.5, 0.6) is 5.75 Å². The van der Waals surface area contributed by atoms with E-state index in [4.69, 9.17) is 9.47 Å². The quantitative estimate of drug-likeness (QED) is 0.862. The van der Waals surface area contributed by atoms with Crippen molar-refractivity contribution in [1.29, 1.82) is 0 Å². The fourth-order valence-corrected chi connectivity index (χ4v) is 4.51. The van der Waals surface area contributed by atoms with Gasteiger partial charge in [-0.15, -0.1) is 11.3 Å². The highest BCUT2D eigenvalue weighted by atomic mass is 32.1. The summed E-state index contributed by atoms with van der Waals surface area (Å²) in [6, 6.07) is 6.09. The van der Waals surface area contributed by atoms with Crippen molar-refractivity contribution in [3.63, 3.8) is 0 Å². The van der Waals surface area contributed by atoms with E-state index < -0.39 is 0 Å². The molecule has 0 aliphatic carbocycles. The number of ether oxygens (including phenoxy) is 2. The van der Waals surface area contributed by atoms with Gasteiger partial charge in [-0.25, -0.2) is 0 Å². The predicted octanol–water partition coefficient (Wildman–Crippen LogP) is 3.26. The van der Waals surface area contributed by atoms with E-state index in [1.165, 1.54) is 10.4 Å². The summed E-state index contributed by atoms with van der Waals surface area (Å²) in [5.74, 6) is 0.861. The van der Waals surface area contributed by atoms with Crippen molar-refractivity contribution < 1.29 is 9.47 Å². The minimum absolute atomic E-state index is 0.00368. The van der Waals surface area contributed by atoms with Crippen molar-refractivity contribution in [2.45, 2.75) is 38.0 Å². The summed E-state index contributed by atoms with van der Waals surface area (Å²) in [5.41, 5.74) is 1.40. The number of rotatable bonds is 4. The summed E-state index contributed by atoms with van der Waals surface area (Å²) in [7, 11) is 0. The van der Waals surface area contributed by atoms with E-state index in [0.717, 1.165) is 44.8 Å². The fourth-order valence-electron chi connectivity index (χ4n) is 3.56. The highest BCUT2D eigenvalue weighted by Gasteiger charge is 2.48. The molecule has 2 fully saturated rings. The molecule has 2 aliphatic heterocycles. The van der Waals surface area contributed by atoms with Crippen molar-refractivity contribution in [3.05, 3.63) is 46.4 Å². The van der Waals surface area contributed by atoms with Gasteiger partial charge in [0.2, 0.25) is 0 Å². The Morgan fingerprint density at radius 2 is 2.35 bits per heavy atom.